The molecule has 120 valence electrons. The molecule has 0 heterocycles. The molecule has 2 aromatic rings. The molecule has 0 amide bonds. The fraction of sp³-hybridized carbons (Fsp3) is 0.133. The molecule has 0 saturated carbocycles. The van der Waals surface area contributed by atoms with Gasteiger partial charge in [0.05, 0.1) is 0 Å². The van der Waals surface area contributed by atoms with Crippen LogP contribution in [0.3, 0.4) is 0 Å². The first-order chi connectivity index (χ1) is 10.0. The summed E-state index contributed by atoms with van der Waals surface area (Å²) in [6.07, 6.45) is 0. The van der Waals surface area contributed by atoms with Crippen molar-refractivity contribution in [2.75, 3.05) is 0 Å². The van der Waals surface area contributed by atoms with Gasteiger partial charge in [-0.25, -0.2) is 0 Å². The van der Waals surface area contributed by atoms with Crippen LogP contribution < -0.4 is 5.73 Å². The van der Waals surface area contributed by atoms with E-state index < -0.39 is 0 Å². The number of hydrogen-bond donors (Lipinski definition) is 2. The summed E-state index contributed by atoms with van der Waals surface area (Å²) >= 11 is 11.5. The Morgan fingerprint density at radius 1 is 1.05 bits per heavy atom. The second-order valence-electron chi connectivity index (χ2n) is 4.05. The van der Waals surface area contributed by atoms with Gasteiger partial charge in [0.25, 0.3) is 0 Å². The fourth-order valence-corrected chi connectivity index (χ4v) is 3.29. The summed E-state index contributed by atoms with van der Waals surface area (Å²) in [6, 6.07) is 16.4. The average Bonchev–Trinajstić information content (AvgIpc) is 2.46. The number of amidine groups is 1. The van der Waals surface area contributed by atoms with Crippen LogP contribution in [-0.2, 0) is 11.6 Å². The van der Waals surface area contributed by atoms with Crippen LogP contribution in [0.15, 0.2) is 48.5 Å². The minimum absolute atomic E-state index is 0. The van der Waals surface area contributed by atoms with Crippen LogP contribution >= 0.6 is 81.0 Å². The van der Waals surface area contributed by atoms with E-state index in [1.165, 1.54) is 30.0 Å². The number of nitrogens with one attached hydrogen (secondary N) is 1. The van der Waals surface area contributed by atoms with E-state index in [2.05, 4.69) is 63.4 Å². The van der Waals surface area contributed by atoms with E-state index in [9.17, 15) is 0 Å². The zero-order valence-electron chi connectivity index (χ0n) is 11.6. The zero-order chi connectivity index (χ0) is 15.7. The molecule has 0 aromatic heterocycles. The number of halogens is 4. The second kappa shape index (κ2) is 12.7. The number of thioether (sulfide) groups is 1. The largest absolute Gasteiger partial charge is 0.379 e. The Balaban J connectivity index is 0.000000397. The Morgan fingerprint density at radius 3 is 1.95 bits per heavy atom. The van der Waals surface area contributed by atoms with Crippen LogP contribution in [0, 0.1) is 12.5 Å². The topological polar surface area (TPSA) is 49.9 Å². The highest BCUT2D eigenvalue weighted by Gasteiger charge is 1.95. The van der Waals surface area contributed by atoms with Crippen LogP contribution in [0.1, 0.15) is 11.1 Å². The molecule has 0 bridgehead atoms. The van der Waals surface area contributed by atoms with Crippen molar-refractivity contribution in [1.82, 2.24) is 0 Å². The summed E-state index contributed by atoms with van der Waals surface area (Å²) in [7, 11) is 0. The number of alkyl halides is 1. The van der Waals surface area contributed by atoms with Gasteiger partial charge in [-0.3, -0.25) is 5.41 Å². The molecule has 2 rings (SSSR count). The molecule has 0 aliphatic heterocycles. The SMILES string of the molecule is Cl.ClCc1cccc(I)c1.N=C(N)SCc1cccc(I)c1. The van der Waals surface area contributed by atoms with Crippen molar-refractivity contribution in [2.45, 2.75) is 11.6 Å². The predicted molar refractivity (Wildman–Crippen MR) is 118 cm³/mol. The van der Waals surface area contributed by atoms with Crippen LogP contribution in [0.5, 0.6) is 0 Å². The lowest BCUT2D eigenvalue weighted by molar-refractivity contribution is 1.39. The summed E-state index contributed by atoms with van der Waals surface area (Å²) in [5, 5.41) is 7.21. The molecule has 0 aliphatic carbocycles. The van der Waals surface area contributed by atoms with Crippen molar-refractivity contribution in [3.63, 3.8) is 0 Å². The highest BCUT2D eigenvalue weighted by atomic mass is 127. The fourth-order valence-electron chi connectivity index (χ4n) is 1.41. The summed E-state index contributed by atoms with van der Waals surface area (Å²) in [6.45, 7) is 0. The molecule has 0 spiro atoms. The van der Waals surface area contributed by atoms with Gasteiger partial charge in [-0.15, -0.1) is 24.0 Å². The van der Waals surface area contributed by atoms with Gasteiger partial charge < -0.3 is 5.73 Å². The van der Waals surface area contributed by atoms with Gasteiger partial charge in [-0.1, -0.05) is 36.0 Å². The Bertz CT molecular complexity index is 597. The number of rotatable bonds is 3. The van der Waals surface area contributed by atoms with Crippen molar-refractivity contribution in [3.8, 4) is 0 Å². The molecule has 0 fully saturated rings. The minimum Gasteiger partial charge on any atom is -0.379 e. The van der Waals surface area contributed by atoms with Gasteiger partial charge >= 0.3 is 0 Å². The summed E-state index contributed by atoms with van der Waals surface area (Å²) in [5.41, 5.74) is 7.62. The molecular formula is C15H16Cl2I2N2S. The Labute approximate surface area is 174 Å². The highest BCUT2D eigenvalue weighted by Crippen LogP contribution is 2.14. The van der Waals surface area contributed by atoms with E-state index in [0.717, 1.165) is 5.75 Å². The second-order valence-corrected chi connectivity index (χ2v) is 7.82. The smallest absolute Gasteiger partial charge is 0.151 e. The molecule has 0 unspecified atom stereocenters. The van der Waals surface area contributed by atoms with Crippen molar-refractivity contribution in [2.24, 2.45) is 5.73 Å². The molecule has 3 N–H and O–H groups in total. The molecular weight excluding hydrogens is 565 g/mol. The zero-order valence-corrected chi connectivity index (χ0v) is 18.3. The van der Waals surface area contributed by atoms with E-state index in [1.54, 1.807) is 0 Å². The maximum Gasteiger partial charge on any atom is 0.151 e. The minimum atomic E-state index is 0. The van der Waals surface area contributed by atoms with Gasteiger partial charge in [0.1, 0.15) is 0 Å². The van der Waals surface area contributed by atoms with Crippen LogP contribution in [0.2, 0.25) is 0 Å². The van der Waals surface area contributed by atoms with Crippen LogP contribution in [0.25, 0.3) is 0 Å². The Kier molecular flexibility index (Phi) is 12.9. The lowest BCUT2D eigenvalue weighted by Gasteiger charge is -1.99. The molecule has 0 aliphatic rings. The van der Waals surface area contributed by atoms with Gasteiger partial charge in [0.2, 0.25) is 0 Å². The van der Waals surface area contributed by atoms with E-state index in [0.29, 0.717) is 5.88 Å². The van der Waals surface area contributed by atoms with Crippen molar-refractivity contribution in [1.29, 1.82) is 5.41 Å². The van der Waals surface area contributed by atoms with Crippen LogP contribution in [-0.4, -0.2) is 5.17 Å². The first-order valence-corrected chi connectivity index (χ1v) is 9.70. The van der Waals surface area contributed by atoms with Crippen molar-refractivity contribution >= 4 is 86.1 Å². The van der Waals surface area contributed by atoms with Crippen molar-refractivity contribution < 1.29 is 0 Å². The molecule has 7 heteroatoms. The highest BCUT2D eigenvalue weighted by molar-refractivity contribution is 14.1. The van der Waals surface area contributed by atoms with E-state index >= 15 is 0 Å². The van der Waals surface area contributed by atoms with Gasteiger partial charge in [0, 0.05) is 18.8 Å². The molecule has 0 atom stereocenters. The van der Waals surface area contributed by atoms with Crippen molar-refractivity contribution in [3.05, 3.63) is 66.8 Å². The molecule has 22 heavy (non-hydrogen) atoms. The Hall–Kier alpha value is 0.300. The number of hydrogen-bond acceptors (Lipinski definition) is 2. The molecule has 2 nitrogen and oxygen atoms in total. The normalized spacial score (nSPS) is 9.23. The summed E-state index contributed by atoms with van der Waals surface area (Å²) in [5.74, 6) is 1.39. The lowest BCUT2D eigenvalue weighted by atomic mass is 10.2. The van der Waals surface area contributed by atoms with E-state index in [4.69, 9.17) is 22.7 Å². The van der Waals surface area contributed by atoms with Crippen LogP contribution in [0.4, 0.5) is 0 Å². The molecule has 0 saturated heterocycles. The average molecular weight is 581 g/mol. The monoisotopic (exact) mass is 580 g/mol. The maximum absolute atomic E-state index is 7.04. The number of nitrogens with two attached hydrogens (primary N) is 1. The third kappa shape index (κ3) is 10.1. The molecule has 2 aromatic carbocycles. The lowest BCUT2D eigenvalue weighted by Crippen LogP contribution is -2.03. The van der Waals surface area contributed by atoms with Gasteiger partial charge in [0.15, 0.2) is 5.17 Å². The standard InChI is InChI=1S/C8H9IN2S.C7H6ClI.ClH/c9-7-3-1-2-6(4-7)5-12-8(10)11;8-5-6-2-1-3-7(9)4-6;/h1-4H,5H2,(H3,10,11);1-4H,5H2;1H. The number of benzene rings is 2. The summed E-state index contributed by atoms with van der Waals surface area (Å²) in [4.78, 5) is 0. The Morgan fingerprint density at radius 2 is 1.55 bits per heavy atom. The van der Waals surface area contributed by atoms with E-state index in [-0.39, 0.29) is 17.6 Å². The third-order valence-corrected chi connectivity index (χ3v) is 4.77. The molecule has 0 radical (unpaired) electrons. The third-order valence-electron chi connectivity index (χ3n) is 2.33. The first-order valence-electron chi connectivity index (χ1n) is 6.03. The van der Waals surface area contributed by atoms with Gasteiger partial charge in [-0.2, -0.15) is 0 Å². The quantitative estimate of drug-likeness (QED) is 0.206. The van der Waals surface area contributed by atoms with E-state index in [1.807, 2.05) is 30.3 Å². The first kappa shape index (κ1) is 22.3. The predicted octanol–water partition coefficient (Wildman–Crippen LogP) is 5.87. The maximum atomic E-state index is 7.04. The van der Waals surface area contributed by atoms with Gasteiger partial charge in [-0.05, 0) is 80.6 Å². The summed E-state index contributed by atoms with van der Waals surface area (Å²) < 4.78 is 2.46.